The van der Waals surface area contributed by atoms with Gasteiger partial charge in [0.2, 0.25) is 0 Å². The average Bonchev–Trinajstić information content (AvgIpc) is 2.75. The number of nitrogens with zero attached hydrogens (tertiary/aromatic N) is 3. The Labute approximate surface area is 123 Å². The zero-order chi connectivity index (χ0) is 15.4. The number of hydrogen-bond acceptors (Lipinski definition) is 4. The lowest BCUT2D eigenvalue weighted by Crippen LogP contribution is -2.07. The molecule has 1 aromatic carbocycles. The van der Waals surface area contributed by atoms with Crippen LogP contribution in [0.1, 0.15) is 30.3 Å². The van der Waals surface area contributed by atoms with Crippen LogP contribution in [-0.2, 0) is 6.54 Å². The van der Waals surface area contributed by atoms with Gasteiger partial charge in [-0.15, -0.1) is 0 Å². The van der Waals surface area contributed by atoms with Gasteiger partial charge in [0.25, 0.3) is 5.69 Å². The quantitative estimate of drug-likeness (QED) is 0.654. The summed E-state index contributed by atoms with van der Waals surface area (Å²) < 4.78 is 1.85. The van der Waals surface area contributed by atoms with Crippen LogP contribution in [0.15, 0.2) is 24.3 Å². The Bertz CT molecular complexity index is 649. The summed E-state index contributed by atoms with van der Waals surface area (Å²) in [7, 11) is 0. The molecule has 0 aliphatic rings. The van der Waals surface area contributed by atoms with Gasteiger partial charge in [-0.3, -0.25) is 14.8 Å². The molecule has 0 fully saturated rings. The maximum absolute atomic E-state index is 11.2. The lowest BCUT2D eigenvalue weighted by atomic mass is 10.1. The predicted octanol–water partition coefficient (Wildman–Crippen LogP) is 3.28. The minimum atomic E-state index is -0.345. The summed E-state index contributed by atoms with van der Waals surface area (Å²) in [6.45, 7) is 7.19. The first-order valence-electron chi connectivity index (χ1n) is 7.03. The highest BCUT2D eigenvalue weighted by Gasteiger charge is 2.14. The Morgan fingerprint density at radius 3 is 2.67 bits per heavy atom. The van der Waals surface area contributed by atoms with Crippen molar-refractivity contribution in [1.82, 2.24) is 9.78 Å². The zero-order valence-corrected chi connectivity index (χ0v) is 12.6. The van der Waals surface area contributed by atoms with Gasteiger partial charge >= 0.3 is 0 Å². The first kappa shape index (κ1) is 15.0. The Kier molecular flexibility index (Phi) is 4.57. The largest absolute Gasteiger partial charge is 0.380 e. The van der Waals surface area contributed by atoms with Crippen LogP contribution in [0.2, 0.25) is 0 Å². The van der Waals surface area contributed by atoms with E-state index in [1.165, 1.54) is 0 Å². The van der Waals surface area contributed by atoms with Crippen LogP contribution in [0, 0.1) is 24.0 Å². The number of aryl methyl sites for hydroxylation is 2. The molecule has 0 unspecified atom stereocenters. The second kappa shape index (κ2) is 6.39. The lowest BCUT2D eigenvalue weighted by molar-refractivity contribution is -0.384. The van der Waals surface area contributed by atoms with Crippen molar-refractivity contribution in [3.05, 3.63) is 51.3 Å². The number of nitro benzene ring substituents is 1. The Balaban J connectivity index is 2.27. The molecule has 2 rings (SSSR count). The molecule has 0 aliphatic heterocycles. The molecule has 0 saturated heterocycles. The fourth-order valence-electron chi connectivity index (χ4n) is 2.24. The molecule has 1 aromatic heterocycles. The standard InChI is InChI=1S/C15H20N4O2/c1-4-7-16-14-6-5-13(9-15(14)19(20)21)10-18-12(3)8-11(2)17-18/h5-6,8-9,16H,4,7,10H2,1-3H3. The molecule has 1 heterocycles. The Morgan fingerprint density at radius 2 is 2.10 bits per heavy atom. The van der Waals surface area contributed by atoms with E-state index in [0.29, 0.717) is 12.2 Å². The SMILES string of the molecule is CCCNc1ccc(Cn2nc(C)cc2C)cc1[N+](=O)[O-]. The summed E-state index contributed by atoms with van der Waals surface area (Å²) in [5.41, 5.74) is 3.54. The van der Waals surface area contributed by atoms with Gasteiger partial charge in [0, 0.05) is 18.3 Å². The molecule has 0 aliphatic carbocycles. The van der Waals surface area contributed by atoms with E-state index in [4.69, 9.17) is 0 Å². The molecule has 0 radical (unpaired) electrons. The molecular weight excluding hydrogens is 268 g/mol. The van der Waals surface area contributed by atoms with E-state index in [0.717, 1.165) is 29.9 Å². The molecule has 2 aromatic rings. The lowest BCUT2D eigenvalue weighted by Gasteiger charge is -2.09. The summed E-state index contributed by atoms with van der Waals surface area (Å²) in [6.07, 6.45) is 0.921. The van der Waals surface area contributed by atoms with Gasteiger partial charge < -0.3 is 5.32 Å². The minimum absolute atomic E-state index is 0.113. The fourth-order valence-corrected chi connectivity index (χ4v) is 2.24. The van der Waals surface area contributed by atoms with Crippen molar-refractivity contribution >= 4 is 11.4 Å². The first-order chi connectivity index (χ1) is 10.0. The van der Waals surface area contributed by atoms with Crippen LogP contribution in [0.4, 0.5) is 11.4 Å². The zero-order valence-electron chi connectivity index (χ0n) is 12.6. The van der Waals surface area contributed by atoms with Gasteiger partial charge in [-0.05, 0) is 38.0 Å². The number of nitro groups is 1. The number of nitrogens with one attached hydrogen (secondary N) is 1. The topological polar surface area (TPSA) is 73.0 Å². The van der Waals surface area contributed by atoms with Crippen LogP contribution >= 0.6 is 0 Å². The minimum Gasteiger partial charge on any atom is -0.380 e. The van der Waals surface area contributed by atoms with Gasteiger partial charge in [0.1, 0.15) is 5.69 Å². The van der Waals surface area contributed by atoms with E-state index in [-0.39, 0.29) is 10.6 Å². The summed E-state index contributed by atoms with van der Waals surface area (Å²) in [4.78, 5) is 10.9. The Morgan fingerprint density at radius 1 is 1.33 bits per heavy atom. The van der Waals surface area contributed by atoms with Crippen LogP contribution in [0.5, 0.6) is 0 Å². The summed E-state index contributed by atoms with van der Waals surface area (Å²) in [5, 5.41) is 18.7. The molecule has 21 heavy (non-hydrogen) atoms. The molecule has 112 valence electrons. The third-order valence-corrected chi connectivity index (χ3v) is 3.26. The van der Waals surface area contributed by atoms with Crippen molar-refractivity contribution in [3.8, 4) is 0 Å². The molecule has 0 amide bonds. The number of hydrogen-bond donors (Lipinski definition) is 1. The average molecular weight is 288 g/mol. The molecule has 0 bridgehead atoms. The van der Waals surface area contributed by atoms with Crippen LogP contribution in [0.3, 0.4) is 0 Å². The van der Waals surface area contributed by atoms with E-state index in [9.17, 15) is 10.1 Å². The molecule has 0 spiro atoms. The molecule has 0 atom stereocenters. The van der Waals surface area contributed by atoms with Crippen molar-refractivity contribution in [1.29, 1.82) is 0 Å². The summed E-state index contributed by atoms with van der Waals surface area (Å²) in [5.74, 6) is 0. The van der Waals surface area contributed by atoms with E-state index in [1.807, 2.05) is 37.6 Å². The van der Waals surface area contributed by atoms with Gasteiger partial charge in [0.05, 0.1) is 17.2 Å². The maximum atomic E-state index is 11.2. The highest BCUT2D eigenvalue weighted by atomic mass is 16.6. The van der Waals surface area contributed by atoms with Crippen molar-refractivity contribution in [3.63, 3.8) is 0 Å². The van der Waals surface area contributed by atoms with E-state index < -0.39 is 0 Å². The second-order valence-electron chi connectivity index (χ2n) is 5.12. The molecule has 1 N–H and O–H groups in total. The Hall–Kier alpha value is -2.37. The number of benzene rings is 1. The maximum Gasteiger partial charge on any atom is 0.292 e. The van der Waals surface area contributed by atoms with Crippen molar-refractivity contribution in [2.45, 2.75) is 33.7 Å². The molecular formula is C15H20N4O2. The smallest absolute Gasteiger partial charge is 0.292 e. The normalized spacial score (nSPS) is 10.6. The van der Waals surface area contributed by atoms with Crippen LogP contribution in [0.25, 0.3) is 0 Å². The summed E-state index contributed by atoms with van der Waals surface area (Å²) in [6, 6.07) is 7.29. The fraction of sp³-hybridized carbons (Fsp3) is 0.400. The number of aromatic nitrogens is 2. The van der Waals surface area contributed by atoms with Crippen molar-refractivity contribution in [2.24, 2.45) is 0 Å². The van der Waals surface area contributed by atoms with E-state index in [2.05, 4.69) is 10.4 Å². The predicted molar refractivity (Wildman–Crippen MR) is 82.7 cm³/mol. The monoisotopic (exact) mass is 288 g/mol. The molecule has 0 saturated carbocycles. The van der Waals surface area contributed by atoms with Gasteiger partial charge in [-0.2, -0.15) is 5.10 Å². The van der Waals surface area contributed by atoms with E-state index >= 15 is 0 Å². The number of rotatable bonds is 6. The third-order valence-electron chi connectivity index (χ3n) is 3.26. The highest BCUT2D eigenvalue weighted by Crippen LogP contribution is 2.26. The van der Waals surface area contributed by atoms with Crippen LogP contribution in [-0.4, -0.2) is 21.2 Å². The van der Waals surface area contributed by atoms with Gasteiger partial charge in [-0.25, -0.2) is 0 Å². The third kappa shape index (κ3) is 3.59. The first-order valence-corrected chi connectivity index (χ1v) is 7.03. The molecule has 6 nitrogen and oxygen atoms in total. The van der Waals surface area contributed by atoms with Gasteiger partial charge in [-0.1, -0.05) is 13.0 Å². The van der Waals surface area contributed by atoms with Crippen molar-refractivity contribution < 1.29 is 4.92 Å². The summed E-state index contributed by atoms with van der Waals surface area (Å²) >= 11 is 0. The number of anilines is 1. The van der Waals surface area contributed by atoms with E-state index in [1.54, 1.807) is 12.1 Å². The van der Waals surface area contributed by atoms with Crippen LogP contribution < -0.4 is 5.32 Å². The van der Waals surface area contributed by atoms with Gasteiger partial charge in [0.15, 0.2) is 0 Å². The highest BCUT2D eigenvalue weighted by molar-refractivity contribution is 5.62. The second-order valence-corrected chi connectivity index (χ2v) is 5.12. The molecule has 6 heteroatoms. The van der Waals surface area contributed by atoms with Crippen molar-refractivity contribution in [2.75, 3.05) is 11.9 Å².